The van der Waals surface area contributed by atoms with Crippen LogP contribution in [0.4, 0.5) is 0 Å². The highest BCUT2D eigenvalue weighted by molar-refractivity contribution is 7.26. The summed E-state index contributed by atoms with van der Waals surface area (Å²) in [5.41, 5.74) is 12.4. The van der Waals surface area contributed by atoms with Crippen LogP contribution in [-0.4, -0.2) is 9.13 Å². The molecule has 3 aromatic heterocycles. The number of hydrogen-bond acceptors (Lipinski definition) is 1. The molecule has 2 unspecified atom stereocenters. The predicted octanol–water partition coefficient (Wildman–Crippen LogP) is 15.2. The van der Waals surface area contributed by atoms with E-state index in [1.165, 1.54) is 97.4 Å². The fraction of sp³-hybridized carbons (Fsp3) is 0.0357. The van der Waals surface area contributed by atoms with Crippen molar-refractivity contribution >= 4 is 75.1 Å². The Balaban J connectivity index is 1.09. The number of hydrogen-bond donors (Lipinski definition) is 0. The van der Waals surface area contributed by atoms with Gasteiger partial charge in [0, 0.05) is 64.9 Å². The van der Waals surface area contributed by atoms with Crippen molar-refractivity contribution in [1.82, 2.24) is 9.13 Å². The summed E-state index contributed by atoms with van der Waals surface area (Å²) in [4.78, 5) is 0. The number of rotatable bonds is 7. The fourth-order valence-electron chi connectivity index (χ4n) is 9.92. The van der Waals surface area contributed by atoms with Gasteiger partial charge in [-0.15, -0.1) is 11.3 Å². The Kier molecular flexibility index (Phi) is 7.89. The molecule has 0 fully saturated rings. The van der Waals surface area contributed by atoms with Crippen LogP contribution in [0.1, 0.15) is 34.1 Å². The molecule has 0 N–H and O–H groups in total. The molecule has 3 heterocycles. The standard InChI is InChI=1S/C56H38N2S/c1-4-17-37(18-5-1)53(54(38-19-6-2-7-20-38)40-31-32-49-46(36-40)43-25-10-13-28-47(43)57(49)41-22-8-3-9-23-41)39-21-16-24-42(35-39)58-48-29-14-11-26-44(48)55-50(58)33-34-52-56(55)45-27-12-15-30-51(45)59-52/h1-36,53-54H. The molecule has 0 radical (unpaired) electrons. The third-order valence-electron chi connectivity index (χ3n) is 12.4. The average Bonchev–Trinajstić information content (AvgIpc) is 3.96. The molecule has 59 heavy (non-hydrogen) atoms. The van der Waals surface area contributed by atoms with Crippen LogP contribution in [0.5, 0.6) is 0 Å². The first kappa shape index (κ1) is 33.9. The van der Waals surface area contributed by atoms with Crippen LogP contribution in [0.25, 0.3) is 75.2 Å². The van der Waals surface area contributed by atoms with Crippen molar-refractivity contribution < 1.29 is 0 Å². The molecule has 2 nitrogen and oxygen atoms in total. The minimum Gasteiger partial charge on any atom is -0.309 e. The second kappa shape index (κ2) is 13.7. The molecule has 0 bridgehead atoms. The molecule has 0 aliphatic rings. The van der Waals surface area contributed by atoms with E-state index in [1.807, 2.05) is 11.3 Å². The zero-order chi connectivity index (χ0) is 38.9. The molecule has 9 aromatic carbocycles. The van der Waals surface area contributed by atoms with Crippen molar-refractivity contribution in [2.24, 2.45) is 0 Å². The SMILES string of the molecule is c1ccc(C(c2cccc(-n3c4ccccc4c4c5c(ccc43)sc3ccccc35)c2)C(c2ccccc2)c2ccc3c(c2)c2ccccc2n3-c2ccccc2)cc1. The number of fused-ring (bicyclic) bond motifs is 10. The van der Waals surface area contributed by atoms with Crippen LogP contribution in [0.15, 0.2) is 218 Å². The van der Waals surface area contributed by atoms with E-state index in [0.29, 0.717) is 0 Å². The van der Waals surface area contributed by atoms with Crippen LogP contribution >= 0.6 is 11.3 Å². The second-order valence-corrected chi connectivity index (χ2v) is 16.7. The van der Waals surface area contributed by atoms with Gasteiger partial charge < -0.3 is 9.13 Å². The third-order valence-corrected chi connectivity index (χ3v) is 13.5. The van der Waals surface area contributed by atoms with Gasteiger partial charge in [0.05, 0.1) is 22.1 Å². The van der Waals surface area contributed by atoms with Gasteiger partial charge in [-0.1, -0.05) is 152 Å². The lowest BCUT2D eigenvalue weighted by molar-refractivity contribution is 0.694. The van der Waals surface area contributed by atoms with Gasteiger partial charge in [-0.2, -0.15) is 0 Å². The van der Waals surface area contributed by atoms with Gasteiger partial charge in [-0.25, -0.2) is 0 Å². The van der Waals surface area contributed by atoms with Gasteiger partial charge in [0.2, 0.25) is 0 Å². The van der Waals surface area contributed by atoms with Crippen molar-refractivity contribution in [3.63, 3.8) is 0 Å². The average molecular weight is 771 g/mol. The first-order valence-corrected chi connectivity index (χ1v) is 21.2. The Hall–Kier alpha value is -7.20. The Morgan fingerprint density at radius 1 is 0.288 bits per heavy atom. The zero-order valence-corrected chi connectivity index (χ0v) is 33.1. The second-order valence-electron chi connectivity index (χ2n) is 15.6. The largest absolute Gasteiger partial charge is 0.309 e. The van der Waals surface area contributed by atoms with Crippen LogP contribution in [-0.2, 0) is 0 Å². The van der Waals surface area contributed by atoms with Gasteiger partial charge in [-0.05, 0) is 89.0 Å². The number of benzene rings is 9. The summed E-state index contributed by atoms with van der Waals surface area (Å²) in [6, 6.07) is 80.8. The summed E-state index contributed by atoms with van der Waals surface area (Å²) in [5, 5.41) is 7.81. The molecule has 0 saturated carbocycles. The summed E-state index contributed by atoms with van der Waals surface area (Å²) in [6.45, 7) is 0. The molecule has 0 aliphatic carbocycles. The van der Waals surface area contributed by atoms with Gasteiger partial charge in [-0.3, -0.25) is 0 Å². The number of nitrogens with zero attached hydrogens (tertiary/aromatic N) is 2. The Morgan fingerprint density at radius 2 is 0.797 bits per heavy atom. The molecule has 0 amide bonds. The van der Waals surface area contributed by atoms with Crippen LogP contribution < -0.4 is 0 Å². The van der Waals surface area contributed by atoms with Crippen LogP contribution in [0.3, 0.4) is 0 Å². The summed E-state index contributed by atoms with van der Waals surface area (Å²) in [6.07, 6.45) is 0. The normalized spacial score (nSPS) is 12.9. The van der Waals surface area contributed by atoms with E-state index in [4.69, 9.17) is 0 Å². The smallest absolute Gasteiger partial charge is 0.0548 e. The van der Waals surface area contributed by atoms with Gasteiger partial charge in [0.1, 0.15) is 0 Å². The minimum atomic E-state index is 0.0269. The molecule has 12 rings (SSSR count). The van der Waals surface area contributed by atoms with Crippen molar-refractivity contribution in [3.8, 4) is 11.4 Å². The van der Waals surface area contributed by atoms with Crippen molar-refractivity contribution in [1.29, 1.82) is 0 Å². The number of thiophene rings is 1. The maximum atomic E-state index is 2.49. The summed E-state index contributed by atoms with van der Waals surface area (Å²) < 4.78 is 7.55. The van der Waals surface area contributed by atoms with Gasteiger partial charge >= 0.3 is 0 Å². The lowest BCUT2D eigenvalue weighted by atomic mass is 9.73. The van der Waals surface area contributed by atoms with E-state index in [1.54, 1.807) is 0 Å². The Bertz CT molecular complexity index is 3500. The highest BCUT2D eigenvalue weighted by Gasteiger charge is 2.30. The van der Waals surface area contributed by atoms with Gasteiger partial charge in [0.15, 0.2) is 0 Å². The maximum Gasteiger partial charge on any atom is 0.0548 e. The van der Waals surface area contributed by atoms with Crippen molar-refractivity contribution in [3.05, 3.63) is 241 Å². The quantitative estimate of drug-likeness (QED) is 0.153. The van der Waals surface area contributed by atoms with Crippen molar-refractivity contribution in [2.75, 3.05) is 0 Å². The summed E-state index contributed by atoms with van der Waals surface area (Å²) >= 11 is 1.88. The fourth-order valence-corrected chi connectivity index (χ4v) is 11.0. The Morgan fingerprint density at radius 3 is 1.53 bits per heavy atom. The van der Waals surface area contributed by atoms with E-state index in [0.717, 1.165) is 0 Å². The van der Waals surface area contributed by atoms with E-state index in [9.17, 15) is 0 Å². The number of para-hydroxylation sites is 3. The summed E-state index contributed by atoms with van der Waals surface area (Å²) in [7, 11) is 0. The Labute approximate surface area is 346 Å². The van der Waals surface area contributed by atoms with Gasteiger partial charge in [0.25, 0.3) is 0 Å². The van der Waals surface area contributed by atoms with E-state index < -0.39 is 0 Å². The van der Waals surface area contributed by atoms with Crippen molar-refractivity contribution in [2.45, 2.75) is 11.8 Å². The molecule has 3 heteroatoms. The van der Waals surface area contributed by atoms with Crippen LogP contribution in [0.2, 0.25) is 0 Å². The molecule has 12 aromatic rings. The molecule has 2 atom stereocenters. The molecule has 0 aliphatic heterocycles. The predicted molar refractivity (Wildman–Crippen MR) is 251 cm³/mol. The lowest BCUT2D eigenvalue weighted by Crippen LogP contribution is -2.15. The highest BCUT2D eigenvalue weighted by Crippen LogP contribution is 2.47. The maximum absolute atomic E-state index is 2.49. The third kappa shape index (κ3) is 5.39. The summed E-state index contributed by atoms with van der Waals surface area (Å²) in [5.74, 6) is 0.0612. The first-order chi connectivity index (χ1) is 29.3. The molecular formula is C56H38N2S. The molecule has 0 spiro atoms. The molecule has 278 valence electrons. The molecule has 0 saturated heterocycles. The molecular weight excluding hydrogens is 733 g/mol. The van der Waals surface area contributed by atoms with E-state index >= 15 is 0 Å². The highest BCUT2D eigenvalue weighted by atomic mass is 32.1. The van der Waals surface area contributed by atoms with Crippen LogP contribution in [0, 0.1) is 0 Å². The topological polar surface area (TPSA) is 9.86 Å². The first-order valence-electron chi connectivity index (χ1n) is 20.4. The zero-order valence-electron chi connectivity index (χ0n) is 32.2. The number of aromatic nitrogens is 2. The van der Waals surface area contributed by atoms with E-state index in [-0.39, 0.29) is 11.8 Å². The lowest BCUT2D eigenvalue weighted by Gasteiger charge is -2.30. The minimum absolute atomic E-state index is 0.0269. The van der Waals surface area contributed by atoms with E-state index in [2.05, 4.69) is 228 Å². The monoisotopic (exact) mass is 770 g/mol.